The summed E-state index contributed by atoms with van der Waals surface area (Å²) in [5.74, 6) is 0.0363. The number of carbonyl (C=O) groups is 2. The fourth-order valence-electron chi connectivity index (χ4n) is 3.31. The molecule has 5 nitrogen and oxygen atoms in total. The molecular weight excluding hydrogens is 302 g/mol. The van der Waals surface area contributed by atoms with Gasteiger partial charge in [0.05, 0.1) is 18.1 Å². The summed E-state index contributed by atoms with van der Waals surface area (Å²) in [6, 6.07) is 6.97. The van der Waals surface area contributed by atoms with E-state index in [9.17, 15) is 9.59 Å². The number of carbonyl (C=O) groups excluding carboxylic acids is 2. The molecule has 22 heavy (non-hydrogen) atoms. The van der Waals surface area contributed by atoms with Gasteiger partial charge in [0.15, 0.2) is 0 Å². The Morgan fingerprint density at radius 3 is 2.73 bits per heavy atom. The average molecular weight is 322 g/mol. The zero-order valence-electron chi connectivity index (χ0n) is 12.5. The van der Waals surface area contributed by atoms with Gasteiger partial charge >= 0.3 is 0 Å². The number of nitrogens with zero attached hydrogens (tertiary/aromatic N) is 1. The van der Waals surface area contributed by atoms with Crippen LogP contribution in [0.2, 0.25) is 5.02 Å². The fraction of sp³-hybridized carbons (Fsp3) is 0.500. The summed E-state index contributed by atoms with van der Waals surface area (Å²) in [6.45, 7) is 0.877. The van der Waals surface area contributed by atoms with E-state index in [0.29, 0.717) is 11.4 Å². The number of amides is 2. The molecule has 0 radical (unpaired) electrons. The molecule has 0 saturated carbocycles. The fourth-order valence-corrected chi connectivity index (χ4v) is 3.43. The van der Waals surface area contributed by atoms with Crippen molar-refractivity contribution in [2.45, 2.75) is 37.4 Å². The van der Waals surface area contributed by atoms with Gasteiger partial charge in [-0.1, -0.05) is 23.7 Å². The van der Waals surface area contributed by atoms with Gasteiger partial charge in [-0.25, -0.2) is 0 Å². The van der Waals surface area contributed by atoms with E-state index in [1.165, 1.54) is 0 Å². The van der Waals surface area contributed by atoms with E-state index in [2.05, 4.69) is 10.6 Å². The molecule has 0 aromatic heterocycles. The van der Waals surface area contributed by atoms with E-state index in [0.717, 1.165) is 24.9 Å². The molecule has 2 aliphatic rings. The molecule has 3 atom stereocenters. The molecule has 2 N–H and O–H groups in total. The van der Waals surface area contributed by atoms with Crippen LogP contribution in [0.1, 0.15) is 30.9 Å². The van der Waals surface area contributed by atoms with Crippen molar-refractivity contribution in [2.75, 3.05) is 13.6 Å². The summed E-state index contributed by atoms with van der Waals surface area (Å²) < 4.78 is 0. The summed E-state index contributed by atoms with van der Waals surface area (Å²) in [6.07, 6.45) is 2.21. The topological polar surface area (TPSA) is 61.4 Å². The van der Waals surface area contributed by atoms with Crippen molar-refractivity contribution in [1.82, 2.24) is 15.5 Å². The Bertz CT molecular complexity index is 569. The number of benzene rings is 1. The standard InChI is InChI=1S/C16H20ClN3O2/c1-20-14(21)9-13(19-16(22)12-3-2-8-18-12)15(20)10-4-6-11(17)7-5-10/h4-7,12-13,15,18H,2-3,8-9H2,1H3,(H,19,22)/t12-,13+,15+/m1/s1. The number of hydrogen-bond donors (Lipinski definition) is 2. The van der Waals surface area contributed by atoms with Crippen LogP contribution in [0, 0.1) is 0 Å². The van der Waals surface area contributed by atoms with Gasteiger partial charge < -0.3 is 15.5 Å². The number of rotatable bonds is 3. The molecule has 0 aliphatic carbocycles. The number of halogens is 1. The highest BCUT2D eigenvalue weighted by atomic mass is 35.5. The first-order valence-corrected chi connectivity index (χ1v) is 7.99. The Kier molecular flexibility index (Phi) is 4.36. The lowest BCUT2D eigenvalue weighted by Crippen LogP contribution is -2.46. The molecule has 2 aliphatic heterocycles. The maximum Gasteiger partial charge on any atom is 0.237 e. The number of hydrogen-bond acceptors (Lipinski definition) is 3. The lowest BCUT2D eigenvalue weighted by Gasteiger charge is -2.27. The smallest absolute Gasteiger partial charge is 0.237 e. The second-order valence-corrected chi connectivity index (χ2v) is 6.41. The molecule has 0 spiro atoms. The minimum atomic E-state index is -0.200. The lowest BCUT2D eigenvalue weighted by molar-refractivity contribution is -0.127. The van der Waals surface area contributed by atoms with E-state index >= 15 is 0 Å². The predicted molar refractivity (Wildman–Crippen MR) is 84.5 cm³/mol. The Labute approximate surface area is 135 Å². The molecule has 1 aromatic carbocycles. The third-order valence-corrected chi connectivity index (χ3v) is 4.75. The maximum absolute atomic E-state index is 12.3. The molecular formula is C16H20ClN3O2. The summed E-state index contributed by atoms with van der Waals surface area (Å²) in [7, 11) is 1.78. The van der Waals surface area contributed by atoms with Crippen LogP contribution in [0.3, 0.4) is 0 Å². The summed E-state index contributed by atoms with van der Waals surface area (Å²) >= 11 is 5.93. The normalized spacial score (nSPS) is 28.2. The highest BCUT2D eigenvalue weighted by Crippen LogP contribution is 2.32. The largest absolute Gasteiger partial charge is 0.349 e. The molecule has 0 bridgehead atoms. The van der Waals surface area contributed by atoms with Crippen molar-refractivity contribution in [1.29, 1.82) is 0 Å². The van der Waals surface area contributed by atoms with Crippen LogP contribution in [-0.2, 0) is 9.59 Å². The van der Waals surface area contributed by atoms with Crippen molar-refractivity contribution in [3.63, 3.8) is 0 Å². The second kappa shape index (κ2) is 6.26. The Hall–Kier alpha value is -1.59. The second-order valence-electron chi connectivity index (χ2n) is 5.97. The van der Waals surface area contributed by atoms with Crippen molar-refractivity contribution in [3.8, 4) is 0 Å². The SMILES string of the molecule is CN1C(=O)C[C@H](NC(=O)[C@H]2CCCN2)[C@@H]1c1ccc(Cl)cc1. The van der Waals surface area contributed by atoms with Gasteiger partial charge in [-0.15, -0.1) is 0 Å². The predicted octanol–water partition coefficient (Wildman–Crippen LogP) is 1.48. The highest BCUT2D eigenvalue weighted by molar-refractivity contribution is 6.30. The zero-order valence-corrected chi connectivity index (χ0v) is 13.3. The van der Waals surface area contributed by atoms with Crippen LogP contribution >= 0.6 is 11.6 Å². The monoisotopic (exact) mass is 321 g/mol. The van der Waals surface area contributed by atoms with Crippen LogP contribution in [0.15, 0.2) is 24.3 Å². The van der Waals surface area contributed by atoms with Crippen molar-refractivity contribution < 1.29 is 9.59 Å². The highest BCUT2D eigenvalue weighted by Gasteiger charge is 2.40. The van der Waals surface area contributed by atoms with Gasteiger partial charge in [-0.05, 0) is 37.1 Å². The van der Waals surface area contributed by atoms with Crippen LogP contribution in [0.5, 0.6) is 0 Å². The zero-order chi connectivity index (χ0) is 15.7. The van der Waals surface area contributed by atoms with Gasteiger partial charge in [-0.3, -0.25) is 9.59 Å². The lowest BCUT2D eigenvalue weighted by atomic mass is 9.99. The number of likely N-dealkylation sites (tertiary alicyclic amines) is 1. The molecule has 6 heteroatoms. The summed E-state index contributed by atoms with van der Waals surface area (Å²) in [4.78, 5) is 26.1. The first-order valence-electron chi connectivity index (χ1n) is 7.61. The molecule has 2 heterocycles. The van der Waals surface area contributed by atoms with E-state index in [4.69, 9.17) is 11.6 Å². The van der Waals surface area contributed by atoms with Crippen molar-refractivity contribution in [2.24, 2.45) is 0 Å². The molecule has 0 unspecified atom stereocenters. The van der Waals surface area contributed by atoms with Gasteiger partial charge in [-0.2, -0.15) is 0 Å². The Balaban J connectivity index is 1.77. The molecule has 2 amide bonds. The van der Waals surface area contributed by atoms with Gasteiger partial charge in [0, 0.05) is 18.5 Å². The van der Waals surface area contributed by atoms with E-state index < -0.39 is 0 Å². The minimum absolute atomic E-state index is 0.00966. The van der Waals surface area contributed by atoms with E-state index in [1.54, 1.807) is 11.9 Å². The van der Waals surface area contributed by atoms with Crippen LogP contribution < -0.4 is 10.6 Å². The third-order valence-electron chi connectivity index (χ3n) is 4.50. The van der Waals surface area contributed by atoms with Gasteiger partial charge in [0.2, 0.25) is 11.8 Å². The Morgan fingerprint density at radius 2 is 2.09 bits per heavy atom. The molecule has 1 aromatic rings. The van der Waals surface area contributed by atoms with Crippen LogP contribution in [0.4, 0.5) is 0 Å². The molecule has 118 valence electrons. The van der Waals surface area contributed by atoms with E-state index in [-0.39, 0.29) is 29.9 Å². The maximum atomic E-state index is 12.3. The van der Waals surface area contributed by atoms with Crippen molar-refractivity contribution in [3.05, 3.63) is 34.9 Å². The molecule has 2 saturated heterocycles. The van der Waals surface area contributed by atoms with Crippen molar-refractivity contribution >= 4 is 23.4 Å². The first-order chi connectivity index (χ1) is 10.6. The molecule has 3 rings (SSSR count). The van der Waals surface area contributed by atoms with Crippen LogP contribution in [-0.4, -0.2) is 42.4 Å². The number of likely N-dealkylation sites (N-methyl/N-ethyl adjacent to an activating group) is 1. The first kappa shape index (κ1) is 15.3. The Morgan fingerprint density at radius 1 is 1.36 bits per heavy atom. The summed E-state index contributed by atoms with van der Waals surface area (Å²) in [5, 5.41) is 6.89. The van der Waals surface area contributed by atoms with Gasteiger partial charge in [0.1, 0.15) is 0 Å². The number of nitrogens with one attached hydrogen (secondary N) is 2. The quantitative estimate of drug-likeness (QED) is 0.886. The van der Waals surface area contributed by atoms with Gasteiger partial charge in [0.25, 0.3) is 0 Å². The summed E-state index contributed by atoms with van der Waals surface area (Å²) in [5.41, 5.74) is 0.988. The van der Waals surface area contributed by atoms with E-state index in [1.807, 2.05) is 24.3 Å². The van der Waals surface area contributed by atoms with Crippen LogP contribution in [0.25, 0.3) is 0 Å². The minimum Gasteiger partial charge on any atom is -0.349 e. The molecule has 2 fully saturated rings. The average Bonchev–Trinajstić information content (AvgIpc) is 3.11. The third kappa shape index (κ3) is 2.96.